The monoisotopic (exact) mass is 570 g/mol. The molecule has 0 aliphatic heterocycles. The van der Waals surface area contributed by atoms with Gasteiger partial charge >= 0.3 is 0 Å². The van der Waals surface area contributed by atoms with Crippen LogP contribution in [0.15, 0.2) is 58.8 Å². The molecule has 3 N–H and O–H groups in total. The minimum absolute atomic E-state index is 0.0817. The lowest BCUT2D eigenvalue weighted by atomic mass is 10.2. The van der Waals surface area contributed by atoms with Crippen molar-refractivity contribution in [3.63, 3.8) is 0 Å². The van der Waals surface area contributed by atoms with Crippen LogP contribution in [0, 0.1) is 46.3 Å². The Morgan fingerprint density at radius 3 is 1.71 bits per heavy atom. The number of hydrogen-bond acceptors (Lipinski definition) is 7. The summed E-state index contributed by atoms with van der Waals surface area (Å²) in [4.78, 5) is 27.0. The van der Waals surface area contributed by atoms with Crippen LogP contribution >= 0.6 is 11.6 Å². The van der Waals surface area contributed by atoms with E-state index in [1.54, 1.807) is 60.7 Å². The molecule has 41 heavy (non-hydrogen) atoms. The number of azide groups is 2. The Hall–Kier alpha value is -5.61. The Balaban J connectivity index is 0.000000644. The van der Waals surface area contributed by atoms with Crippen molar-refractivity contribution in [2.24, 2.45) is 10.2 Å². The van der Waals surface area contributed by atoms with Crippen LogP contribution in [0.5, 0.6) is 0 Å². The van der Waals surface area contributed by atoms with E-state index in [0.29, 0.717) is 56.6 Å². The Labute approximate surface area is 243 Å². The lowest BCUT2D eigenvalue weighted by molar-refractivity contribution is -0.116. The molecule has 0 radical (unpaired) electrons. The number of nitriles is 2. The summed E-state index contributed by atoms with van der Waals surface area (Å²) in [6.07, 6.45) is 3.54. The van der Waals surface area contributed by atoms with E-state index in [9.17, 15) is 9.59 Å². The molecule has 0 atom stereocenters. The molecule has 13 heteroatoms. The summed E-state index contributed by atoms with van der Waals surface area (Å²) >= 11 is 5.05. The van der Waals surface area contributed by atoms with E-state index in [0.717, 1.165) is 17.5 Å². The van der Waals surface area contributed by atoms with E-state index in [-0.39, 0.29) is 11.1 Å². The number of carbonyl (C=O) groups is 2. The highest BCUT2D eigenvalue weighted by Gasteiger charge is 2.01. The minimum Gasteiger partial charge on any atom is -0.399 e. The molecule has 0 bridgehead atoms. The zero-order chi connectivity index (χ0) is 30.6. The normalized spacial score (nSPS) is 8.27. The van der Waals surface area contributed by atoms with Crippen molar-refractivity contribution in [1.82, 2.24) is 0 Å². The third-order valence-corrected chi connectivity index (χ3v) is 4.71. The number of hydrogen-bond donors (Lipinski definition) is 2. The van der Waals surface area contributed by atoms with E-state index in [1.165, 1.54) is 0 Å². The number of rotatable bonds is 11. The number of nitrogens with zero attached hydrogens (tertiary/aromatic N) is 8. The lowest BCUT2D eigenvalue weighted by Crippen LogP contribution is -2.11. The molecular formula is C28H27ClN10O2. The number of halogens is 1. The molecule has 0 fully saturated rings. The second-order valence-electron chi connectivity index (χ2n) is 7.65. The number of benzene rings is 2. The van der Waals surface area contributed by atoms with Crippen LogP contribution in [0.25, 0.3) is 20.9 Å². The highest BCUT2D eigenvalue weighted by Crippen LogP contribution is 2.10. The third kappa shape index (κ3) is 22.1. The Bertz CT molecular complexity index is 1400. The number of nitrogens with one attached hydrogen (secondary N) is 1. The van der Waals surface area contributed by atoms with Gasteiger partial charge in [0, 0.05) is 70.1 Å². The van der Waals surface area contributed by atoms with Crippen molar-refractivity contribution in [3.8, 4) is 35.8 Å². The largest absolute Gasteiger partial charge is 0.399 e. The minimum atomic E-state index is -0.332. The topological polar surface area (TPSA) is 217 Å². The maximum atomic E-state index is 11.6. The first kappa shape index (κ1) is 35.4. The number of anilines is 2. The Kier molecular flexibility index (Phi) is 21.3. The van der Waals surface area contributed by atoms with Crippen molar-refractivity contribution in [3.05, 3.63) is 80.5 Å². The van der Waals surface area contributed by atoms with Crippen LogP contribution in [0.3, 0.4) is 0 Å². The molecule has 208 valence electrons. The summed E-state index contributed by atoms with van der Waals surface area (Å²) in [5, 5.41) is 25.6. The van der Waals surface area contributed by atoms with Crippen LogP contribution in [-0.2, 0) is 9.59 Å². The van der Waals surface area contributed by atoms with E-state index < -0.39 is 0 Å². The summed E-state index contributed by atoms with van der Waals surface area (Å²) < 4.78 is 0. The zero-order valence-corrected chi connectivity index (χ0v) is 22.9. The number of amides is 1. The average molecular weight is 571 g/mol. The fourth-order valence-electron chi connectivity index (χ4n) is 2.63. The van der Waals surface area contributed by atoms with Gasteiger partial charge in [0.2, 0.25) is 11.1 Å². The van der Waals surface area contributed by atoms with Gasteiger partial charge in [-0.15, -0.1) is 0 Å². The van der Waals surface area contributed by atoms with Crippen molar-refractivity contribution in [1.29, 1.82) is 10.5 Å². The van der Waals surface area contributed by atoms with Crippen LogP contribution in [0.2, 0.25) is 0 Å². The van der Waals surface area contributed by atoms with Crippen molar-refractivity contribution < 1.29 is 9.59 Å². The van der Waals surface area contributed by atoms with Gasteiger partial charge in [-0.3, -0.25) is 9.59 Å². The molecule has 0 unspecified atom stereocenters. The molecular weight excluding hydrogens is 544 g/mol. The Morgan fingerprint density at radius 2 is 1.27 bits per heavy atom. The number of nitrogens with two attached hydrogens (primary N) is 1. The van der Waals surface area contributed by atoms with Crippen LogP contribution < -0.4 is 11.1 Å². The smallest absolute Gasteiger partial charge is 0.224 e. The molecule has 0 saturated heterocycles. The summed E-state index contributed by atoms with van der Waals surface area (Å²) in [6.45, 7) is 0.858. The number of nitrogen functional groups attached to an aromatic ring is 1. The average Bonchev–Trinajstić information content (AvgIpc) is 2.97. The second kappa shape index (κ2) is 24.7. The highest BCUT2D eigenvalue weighted by atomic mass is 35.5. The Morgan fingerprint density at radius 1 is 0.805 bits per heavy atom. The van der Waals surface area contributed by atoms with Gasteiger partial charge in [0.05, 0.1) is 0 Å². The highest BCUT2D eigenvalue weighted by molar-refractivity contribution is 6.63. The van der Waals surface area contributed by atoms with E-state index in [4.69, 9.17) is 38.9 Å². The molecule has 2 rings (SSSR count). The van der Waals surface area contributed by atoms with Gasteiger partial charge in [-0.1, -0.05) is 22.1 Å². The number of unbranched alkanes of at least 4 members (excludes halogenated alkanes) is 2. The summed E-state index contributed by atoms with van der Waals surface area (Å²) in [5.41, 5.74) is 24.3. The molecule has 0 aromatic heterocycles. The maximum absolute atomic E-state index is 11.6. The van der Waals surface area contributed by atoms with E-state index >= 15 is 0 Å². The van der Waals surface area contributed by atoms with Crippen molar-refractivity contribution in [2.75, 3.05) is 24.1 Å². The van der Waals surface area contributed by atoms with Gasteiger partial charge in [0.25, 0.3) is 0 Å². The van der Waals surface area contributed by atoms with E-state index in [1.807, 2.05) is 0 Å². The summed E-state index contributed by atoms with van der Waals surface area (Å²) in [5.74, 6) is 9.84. The van der Waals surface area contributed by atoms with Gasteiger partial charge in [-0.2, -0.15) is 10.5 Å². The predicted octanol–water partition coefficient (Wildman–Crippen LogP) is 6.36. The van der Waals surface area contributed by atoms with Gasteiger partial charge in [0.1, 0.15) is 0 Å². The zero-order valence-electron chi connectivity index (χ0n) is 22.1. The molecule has 0 aliphatic rings. The molecule has 2 aromatic carbocycles. The van der Waals surface area contributed by atoms with Crippen molar-refractivity contribution >= 4 is 34.1 Å². The fraction of sp³-hybridized carbons (Fsp3) is 0.286. The molecule has 0 spiro atoms. The fourth-order valence-corrected chi connectivity index (χ4v) is 2.76. The van der Waals surface area contributed by atoms with Gasteiger partial charge in [-0.25, -0.2) is 0 Å². The predicted molar refractivity (Wildman–Crippen MR) is 157 cm³/mol. The molecule has 0 heterocycles. The van der Waals surface area contributed by atoms with Crippen LogP contribution in [0.4, 0.5) is 11.4 Å². The second-order valence-corrected chi connectivity index (χ2v) is 8.07. The first-order valence-corrected chi connectivity index (χ1v) is 12.5. The molecule has 0 aliphatic carbocycles. The third-order valence-electron chi connectivity index (χ3n) is 4.52. The van der Waals surface area contributed by atoms with Gasteiger partial charge in [-0.05, 0) is 96.9 Å². The standard InChI is InChI=1S/C14H13N5O.C9H6N2.C5H8ClN3O/c15-10-3-4-12-6-8-13(9-7-12)18-14(20)5-1-2-11-17-19-16;10-7-1-2-8-3-5-9(11)6-4-8;6-5(10)3-1-2-4-8-9-7/h6-9H,1-2,5,11H2,(H,18,20);3-6H,11H2;1-4H2. The lowest BCUT2D eigenvalue weighted by Gasteiger charge is -2.04. The summed E-state index contributed by atoms with van der Waals surface area (Å²) in [7, 11) is 0. The molecule has 0 saturated carbocycles. The van der Waals surface area contributed by atoms with E-state index in [2.05, 4.69) is 49.1 Å². The number of carbonyl (C=O) groups excluding carboxylic acids is 2. The van der Waals surface area contributed by atoms with Crippen molar-refractivity contribution in [2.45, 2.75) is 38.5 Å². The van der Waals surface area contributed by atoms with Gasteiger partial charge < -0.3 is 11.1 Å². The molecule has 1 amide bonds. The first-order valence-electron chi connectivity index (χ1n) is 12.1. The molecule has 2 aromatic rings. The SMILES string of the molecule is N#CC#Cc1ccc(N)cc1.N#CC#Cc1ccc(NC(=O)CCCCN=[N+]=[N-])cc1.[N-]=[N+]=NCCCCC(=O)Cl. The molecule has 12 nitrogen and oxygen atoms in total. The summed E-state index contributed by atoms with van der Waals surface area (Å²) in [6, 6.07) is 17.5. The van der Waals surface area contributed by atoms with Gasteiger partial charge in [0.15, 0.2) is 12.1 Å². The van der Waals surface area contributed by atoms with Crippen LogP contribution in [-0.4, -0.2) is 24.2 Å². The quantitative estimate of drug-likeness (QED) is 0.0597. The first-order chi connectivity index (χ1) is 19.9. The maximum Gasteiger partial charge on any atom is 0.224 e. The van der Waals surface area contributed by atoms with Crippen LogP contribution in [0.1, 0.15) is 49.7 Å².